The third kappa shape index (κ3) is 6.88. The molecule has 1 atom stereocenters. The highest BCUT2D eigenvalue weighted by Crippen LogP contribution is 2.56. The highest BCUT2D eigenvalue weighted by Gasteiger charge is 2.42. The largest absolute Gasteiger partial charge is 0.493 e. The SMILES string of the molecule is COc1ccc(C2(CN(C)CC(C)CC3(c4cc(OC)c(OC)c(OC)c4)SCCCS3)CCC2)cc1OC.Cl. The van der Waals surface area contributed by atoms with Crippen LogP contribution in [0.25, 0.3) is 0 Å². The summed E-state index contributed by atoms with van der Waals surface area (Å²) in [6.45, 7) is 4.49. The second kappa shape index (κ2) is 14.5. The van der Waals surface area contributed by atoms with Crippen molar-refractivity contribution in [3.05, 3.63) is 41.5 Å². The summed E-state index contributed by atoms with van der Waals surface area (Å²) >= 11 is 4.14. The number of ether oxygens (including phenoxy) is 5. The van der Waals surface area contributed by atoms with Crippen molar-refractivity contribution in [2.45, 2.75) is 48.5 Å². The summed E-state index contributed by atoms with van der Waals surface area (Å²) in [4.78, 5) is 2.54. The third-order valence-corrected chi connectivity index (χ3v) is 11.6. The first-order chi connectivity index (χ1) is 18.8. The van der Waals surface area contributed by atoms with Gasteiger partial charge in [-0.2, -0.15) is 0 Å². The van der Waals surface area contributed by atoms with Crippen molar-refractivity contribution in [2.75, 3.05) is 67.2 Å². The lowest BCUT2D eigenvalue weighted by atomic mass is 9.64. The first kappa shape index (κ1) is 32.9. The second-order valence-corrected chi connectivity index (χ2v) is 14.0. The van der Waals surface area contributed by atoms with Crippen LogP contribution in [0, 0.1) is 5.92 Å². The van der Waals surface area contributed by atoms with Crippen molar-refractivity contribution in [1.82, 2.24) is 4.90 Å². The van der Waals surface area contributed by atoms with Gasteiger partial charge in [0.15, 0.2) is 23.0 Å². The molecular weight excluding hydrogens is 566 g/mol. The molecule has 9 heteroatoms. The number of likely N-dealkylation sites (N-methyl/N-ethyl adjacent to an activating group) is 1. The minimum atomic E-state index is -0.0388. The summed E-state index contributed by atoms with van der Waals surface area (Å²) in [7, 11) is 10.7. The lowest BCUT2D eigenvalue weighted by Gasteiger charge is -2.46. The molecule has 0 amide bonds. The maximum atomic E-state index is 5.72. The molecular formula is C31H46ClNO5S2. The minimum absolute atomic E-state index is 0. The molecule has 6 nitrogen and oxygen atoms in total. The molecule has 2 aliphatic rings. The van der Waals surface area contributed by atoms with Crippen LogP contribution in [0.1, 0.15) is 50.2 Å². The summed E-state index contributed by atoms with van der Waals surface area (Å²) < 4.78 is 28.1. The lowest BCUT2D eigenvalue weighted by Crippen LogP contribution is -2.45. The van der Waals surface area contributed by atoms with Gasteiger partial charge < -0.3 is 28.6 Å². The standard InChI is InChI=1S/C31H45NO5S2.ClH/c1-22(20-32(2)21-30(12-8-13-30)23-10-11-25(33-3)26(16-23)34-4)19-31(38-14-9-15-39-31)24-17-27(35-5)29(37-7)28(18-24)36-6;/h10-11,16-18,22H,8-9,12-15,19-21H2,1-7H3;1H. The van der Waals surface area contributed by atoms with Crippen molar-refractivity contribution in [3.63, 3.8) is 0 Å². The number of thioether (sulfide) groups is 2. The predicted octanol–water partition coefficient (Wildman–Crippen LogP) is 7.25. The van der Waals surface area contributed by atoms with E-state index in [9.17, 15) is 0 Å². The zero-order valence-corrected chi connectivity index (χ0v) is 27.5. The Morgan fingerprint density at radius 2 is 1.35 bits per heavy atom. The molecule has 0 bridgehead atoms. The van der Waals surface area contributed by atoms with Crippen molar-refractivity contribution in [2.24, 2.45) is 5.92 Å². The van der Waals surface area contributed by atoms with E-state index < -0.39 is 0 Å². The Morgan fingerprint density at radius 3 is 1.85 bits per heavy atom. The van der Waals surface area contributed by atoms with E-state index in [1.807, 2.05) is 0 Å². The summed E-state index contributed by atoms with van der Waals surface area (Å²) in [5.74, 6) is 6.54. The van der Waals surface area contributed by atoms with Crippen molar-refractivity contribution < 1.29 is 23.7 Å². The van der Waals surface area contributed by atoms with E-state index in [2.05, 4.69) is 72.7 Å². The van der Waals surface area contributed by atoms with Crippen LogP contribution >= 0.6 is 35.9 Å². The van der Waals surface area contributed by atoms with Gasteiger partial charge in [0.05, 0.1) is 39.6 Å². The summed E-state index contributed by atoms with van der Waals surface area (Å²) in [5, 5.41) is 0. The number of halogens is 1. The van der Waals surface area contributed by atoms with Crippen LogP contribution in [0.2, 0.25) is 0 Å². The molecule has 0 spiro atoms. The molecule has 1 aliphatic heterocycles. The van der Waals surface area contributed by atoms with Crippen molar-refractivity contribution in [1.29, 1.82) is 0 Å². The average Bonchev–Trinajstić information content (AvgIpc) is 2.93. The molecule has 0 N–H and O–H groups in total. The maximum absolute atomic E-state index is 5.72. The van der Waals surface area contributed by atoms with E-state index in [-0.39, 0.29) is 21.9 Å². The molecule has 2 aromatic rings. The van der Waals surface area contributed by atoms with Gasteiger partial charge in [-0.25, -0.2) is 0 Å². The van der Waals surface area contributed by atoms with Crippen LogP contribution in [-0.2, 0) is 9.49 Å². The van der Waals surface area contributed by atoms with Gasteiger partial charge in [-0.15, -0.1) is 35.9 Å². The molecule has 2 aromatic carbocycles. The Labute approximate surface area is 255 Å². The topological polar surface area (TPSA) is 49.4 Å². The second-order valence-electron chi connectivity index (χ2n) is 10.9. The Morgan fingerprint density at radius 1 is 0.775 bits per heavy atom. The fourth-order valence-corrected chi connectivity index (χ4v) is 9.85. The monoisotopic (exact) mass is 611 g/mol. The van der Waals surface area contributed by atoms with Gasteiger partial charge in [-0.3, -0.25) is 0 Å². The van der Waals surface area contributed by atoms with E-state index in [0.29, 0.717) is 11.7 Å². The molecule has 4 rings (SSSR count). The first-order valence-corrected chi connectivity index (χ1v) is 15.8. The van der Waals surface area contributed by atoms with Gasteiger partial charge in [0.25, 0.3) is 0 Å². The van der Waals surface area contributed by atoms with E-state index in [1.54, 1.807) is 35.5 Å². The summed E-state index contributed by atoms with van der Waals surface area (Å²) in [6.07, 6.45) is 6.01. The van der Waals surface area contributed by atoms with Crippen molar-refractivity contribution in [3.8, 4) is 28.7 Å². The molecule has 1 heterocycles. The molecule has 1 aliphatic carbocycles. The fraction of sp³-hybridized carbons (Fsp3) is 0.613. The van der Waals surface area contributed by atoms with E-state index in [1.165, 1.54) is 36.8 Å². The van der Waals surface area contributed by atoms with Crippen LogP contribution in [0.4, 0.5) is 0 Å². The van der Waals surface area contributed by atoms with Crippen LogP contribution in [0.15, 0.2) is 30.3 Å². The van der Waals surface area contributed by atoms with Gasteiger partial charge in [0, 0.05) is 18.5 Å². The highest BCUT2D eigenvalue weighted by atomic mass is 35.5. The van der Waals surface area contributed by atoms with Crippen LogP contribution in [0.3, 0.4) is 0 Å². The number of rotatable bonds is 13. The Hall–Kier alpha value is -1.61. The zero-order chi connectivity index (χ0) is 28.0. The first-order valence-electron chi connectivity index (χ1n) is 13.8. The number of hydrogen-bond acceptors (Lipinski definition) is 8. The normalized spacial score (nSPS) is 18.2. The molecule has 1 saturated heterocycles. The molecule has 1 saturated carbocycles. The summed E-state index contributed by atoms with van der Waals surface area (Å²) in [6, 6.07) is 10.8. The molecule has 0 radical (unpaired) electrons. The number of benzene rings is 2. The van der Waals surface area contributed by atoms with Crippen molar-refractivity contribution >= 4 is 35.9 Å². The number of nitrogens with zero attached hydrogens (tertiary/aromatic N) is 1. The number of hydrogen-bond donors (Lipinski definition) is 0. The lowest BCUT2D eigenvalue weighted by molar-refractivity contribution is 0.145. The molecule has 40 heavy (non-hydrogen) atoms. The van der Waals surface area contributed by atoms with E-state index in [0.717, 1.165) is 54.0 Å². The zero-order valence-electron chi connectivity index (χ0n) is 25.0. The van der Waals surface area contributed by atoms with E-state index in [4.69, 9.17) is 23.7 Å². The Bertz CT molecular complexity index is 1080. The number of methoxy groups -OCH3 is 5. The Kier molecular flexibility index (Phi) is 11.9. The van der Waals surface area contributed by atoms with Crippen LogP contribution in [-0.4, -0.2) is 72.1 Å². The van der Waals surface area contributed by atoms with E-state index >= 15 is 0 Å². The smallest absolute Gasteiger partial charge is 0.203 e. The van der Waals surface area contributed by atoms with Gasteiger partial charge in [-0.1, -0.05) is 19.4 Å². The Balaban J connectivity index is 0.00000441. The average molecular weight is 612 g/mol. The predicted molar refractivity (Wildman–Crippen MR) is 171 cm³/mol. The van der Waals surface area contributed by atoms with Gasteiger partial charge in [0.2, 0.25) is 5.75 Å². The molecule has 1 unspecified atom stereocenters. The highest BCUT2D eigenvalue weighted by molar-refractivity contribution is 8.18. The van der Waals surface area contributed by atoms with Gasteiger partial charge >= 0.3 is 0 Å². The third-order valence-electron chi connectivity index (χ3n) is 8.18. The minimum Gasteiger partial charge on any atom is -0.493 e. The molecule has 2 fully saturated rings. The molecule has 224 valence electrons. The van der Waals surface area contributed by atoms with Crippen LogP contribution < -0.4 is 23.7 Å². The van der Waals surface area contributed by atoms with Crippen LogP contribution in [0.5, 0.6) is 28.7 Å². The quantitative estimate of drug-likeness (QED) is 0.235. The van der Waals surface area contributed by atoms with Gasteiger partial charge in [0.1, 0.15) is 0 Å². The maximum Gasteiger partial charge on any atom is 0.203 e. The fourth-order valence-electron chi connectivity index (χ4n) is 6.22. The molecule has 0 aromatic heterocycles. The summed E-state index contributed by atoms with van der Waals surface area (Å²) in [5.41, 5.74) is 2.79. The van der Waals surface area contributed by atoms with Gasteiger partial charge in [-0.05, 0) is 85.5 Å².